The Morgan fingerprint density at radius 3 is 2.76 bits per heavy atom. The predicted molar refractivity (Wildman–Crippen MR) is 121 cm³/mol. The van der Waals surface area contributed by atoms with Crippen LogP contribution in [-0.2, 0) is 11.3 Å². The zero-order chi connectivity index (χ0) is 19.6. The highest BCUT2D eigenvalue weighted by Crippen LogP contribution is 2.23. The summed E-state index contributed by atoms with van der Waals surface area (Å²) in [6, 6.07) is 14.2. The molecule has 0 saturated carbocycles. The van der Waals surface area contributed by atoms with Crippen molar-refractivity contribution < 1.29 is 9.53 Å². The molecule has 29 heavy (non-hydrogen) atoms. The van der Waals surface area contributed by atoms with E-state index in [4.69, 9.17) is 4.74 Å². The van der Waals surface area contributed by atoms with Crippen molar-refractivity contribution >= 4 is 30.1 Å². The summed E-state index contributed by atoms with van der Waals surface area (Å²) in [5.74, 6) is 1.84. The normalized spacial score (nSPS) is 16.4. The van der Waals surface area contributed by atoms with E-state index >= 15 is 0 Å². The number of aromatic nitrogens is 1. The third-order valence-electron chi connectivity index (χ3n) is 5.01. The first-order chi connectivity index (χ1) is 13.8. The summed E-state index contributed by atoms with van der Waals surface area (Å²) in [6.45, 7) is 2.60. The number of carbonyl (C=O) groups is 1. The highest BCUT2D eigenvalue weighted by Gasteiger charge is 2.24. The van der Waals surface area contributed by atoms with Crippen molar-refractivity contribution in [2.45, 2.75) is 43.2 Å². The van der Waals surface area contributed by atoms with E-state index in [1.54, 1.807) is 25.1 Å². The van der Waals surface area contributed by atoms with Gasteiger partial charge in [0.2, 0.25) is 5.91 Å². The average Bonchev–Trinajstić information content (AvgIpc) is 3.02. The minimum absolute atomic E-state index is 0. The fourth-order valence-electron chi connectivity index (χ4n) is 3.47. The molecule has 0 radical (unpaired) electrons. The number of hydrogen-bond acceptors (Lipinski definition) is 5. The summed E-state index contributed by atoms with van der Waals surface area (Å²) >= 11 is 1.71. The summed E-state index contributed by atoms with van der Waals surface area (Å²) in [5.41, 5.74) is 0.955. The van der Waals surface area contributed by atoms with Crippen molar-refractivity contribution in [3.8, 4) is 5.75 Å². The number of thioether (sulfide) groups is 1. The largest absolute Gasteiger partial charge is 0.497 e. The van der Waals surface area contributed by atoms with Crippen LogP contribution in [0.3, 0.4) is 0 Å². The van der Waals surface area contributed by atoms with Gasteiger partial charge >= 0.3 is 0 Å². The third kappa shape index (κ3) is 7.53. The molecule has 2 aromatic rings. The van der Waals surface area contributed by atoms with E-state index < -0.39 is 0 Å². The highest BCUT2D eigenvalue weighted by molar-refractivity contribution is 7.99. The van der Waals surface area contributed by atoms with Crippen molar-refractivity contribution in [2.24, 2.45) is 0 Å². The molecule has 0 bridgehead atoms. The van der Waals surface area contributed by atoms with Gasteiger partial charge in [-0.1, -0.05) is 6.07 Å². The highest BCUT2D eigenvalue weighted by atomic mass is 35.5. The van der Waals surface area contributed by atoms with Crippen LogP contribution >= 0.6 is 24.2 Å². The maximum atomic E-state index is 13.1. The number of carbonyl (C=O) groups excluding carboxylic acids is 1. The van der Waals surface area contributed by atoms with Gasteiger partial charge in [-0.15, -0.1) is 24.2 Å². The number of methoxy groups -OCH3 is 1. The Morgan fingerprint density at radius 2 is 2.03 bits per heavy atom. The Balaban J connectivity index is 0.00000300. The van der Waals surface area contributed by atoms with Crippen LogP contribution in [0.25, 0.3) is 0 Å². The number of pyridine rings is 1. The minimum atomic E-state index is 0. The van der Waals surface area contributed by atoms with Gasteiger partial charge in [0, 0.05) is 29.3 Å². The van der Waals surface area contributed by atoms with Gasteiger partial charge in [-0.05, 0) is 68.8 Å². The fourth-order valence-corrected chi connectivity index (χ4v) is 4.31. The van der Waals surface area contributed by atoms with Crippen LogP contribution in [0.5, 0.6) is 5.75 Å². The SMILES string of the molecule is COc1ccc(SCCC(=O)N(Cc2ccccn2)C2CCCNCC2)cc1.Cl. The van der Waals surface area contributed by atoms with Crippen molar-refractivity contribution in [1.29, 1.82) is 0 Å². The molecule has 2 heterocycles. The number of nitrogens with zero attached hydrogens (tertiary/aromatic N) is 2. The number of nitrogens with one attached hydrogen (secondary N) is 1. The molecule has 1 N–H and O–H groups in total. The molecule has 1 aromatic heterocycles. The number of rotatable bonds is 8. The molecule has 3 rings (SSSR count). The van der Waals surface area contributed by atoms with Crippen molar-refractivity contribution in [3.63, 3.8) is 0 Å². The lowest BCUT2D eigenvalue weighted by molar-refractivity contribution is -0.134. The van der Waals surface area contributed by atoms with Gasteiger partial charge in [-0.3, -0.25) is 9.78 Å². The van der Waals surface area contributed by atoms with Gasteiger partial charge in [0.1, 0.15) is 5.75 Å². The van der Waals surface area contributed by atoms with E-state index in [0.29, 0.717) is 13.0 Å². The van der Waals surface area contributed by atoms with Gasteiger partial charge < -0.3 is 15.0 Å². The molecule has 1 atom stereocenters. The lowest BCUT2D eigenvalue weighted by Gasteiger charge is -2.31. The number of amides is 1. The van der Waals surface area contributed by atoms with Crippen LogP contribution < -0.4 is 10.1 Å². The van der Waals surface area contributed by atoms with E-state index in [1.807, 2.05) is 42.5 Å². The second kappa shape index (κ2) is 12.7. The molecule has 158 valence electrons. The van der Waals surface area contributed by atoms with Gasteiger partial charge in [-0.2, -0.15) is 0 Å². The Bertz CT molecular complexity index is 723. The van der Waals surface area contributed by atoms with E-state index in [-0.39, 0.29) is 24.4 Å². The molecular weight excluding hydrogens is 406 g/mol. The molecule has 1 amide bonds. The van der Waals surface area contributed by atoms with Crippen LogP contribution in [0.1, 0.15) is 31.4 Å². The molecular formula is C22H30ClN3O2S. The fraction of sp³-hybridized carbons (Fsp3) is 0.455. The second-order valence-corrected chi connectivity index (χ2v) is 8.12. The molecule has 0 aliphatic carbocycles. The van der Waals surface area contributed by atoms with Crippen LogP contribution in [0.4, 0.5) is 0 Å². The van der Waals surface area contributed by atoms with Crippen LogP contribution in [-0.4, -0.2) is 47.8 Å². The van der Waals surface area contributed by atoms with E-state index in [0.717, 1.165) is 54.4 Å². The molecule has 5 nitrogen and oxygen atoms in total. The lowest BCUT2D eigenvalue weighted by Crippen LogP contribution is -2.40. The maximum Gasteiger partial charge on any atom is 0.224 e. The molecule has 1 saturated heterocycles. The molecule has 1 aliphatic heterocycles. The summed E-state index contributed by atoms with van der Waals surface area (Å²) in [4.78, 5) is 20.7. The Labute approximate surface area is 184 Å². The number of halogens is 1. The molecule has 1 unspecified atom stereocenters. The molecule has 1 aromatic carbocycles. The second-order valence-electron chi connectivity index (χ2n) is 6.95. The zero-order valence-corrected chi connectivity index (χ0v) is 18.5. The monoisotopic (exact) mass is 435 g/mol. The van der Waals surface area contributed by atoms with Crippen molar-refractivity contribution in [2.75, 3.05) is 26.0 Å². The summed E-state index contributed by atoms with van der Waals surface area (Å²) in [7, 11) is 1.67. The quantitative estimate of drug-likeness (QED) is 0.631. The molecule has 1 fully saturated rings. The van der Waals surface area contributed by atoms with Gasteiger partial charge in [0.05, 0.1) is 19.3 Å². The lowest BCUT2D eigenvalue weighted by atomic mass is 10.1. The Hall–Kier alpha value is -1.76. The molecule has 1 aliphatic rings. The maximum absolute atomic E-state index is 13.1. The van der Waals surface area contributed by atoms with Gasteiger partial charge in [-0.25, -0.2) is 0 Å². The Kier molecular flexibility index (Phi) is 10.3. The van der Waals surface area contributed by atoms with Gasteiger partial charge in [0.25, 0.3) is 0 Å². The third-order valence-corrected chi connectivity index (χ3v) is 6.02. The van der Waals surface area contributed by atoms with Crippen molar-refractivity contribution in [1.82, 2.24) is 15.2 Å². The number of hydrogen-bond donors (Lipinski definition) is 1. The minimum Gasteiger partial charge on any atom is -0.497 e. The summed E-state index contributed by atoms with van der Waals surface area (Å²) < 4.78 is 5.20. The first kappa shape index (κ1) is 23.5. The first-order valence-corrected chi connectivity index (χ1v) is 10.9. The topological polar surface area (TPSA) is 54.5 Å². The standard InChI is InChI=1S/C22H29N3O2S.ClH/c1-27-20-7-9-21(10-8-20)28-16-12-22(26)25(17-18-5-2-3-14-24-18)19-6-4-13-23-15-11-19;/h2-3,5,7-10,14,19,23H,4,6,11-13,15-17H2,1H3;1H. The van der Waals surface area contributed by atoms with Crippen LogP contribution in [0.15, 0.2) is 53.6 Å². The summed E-state index contributed by atoms with van der Waals surface area (Å²) in [6.07, 6.45) is 5.50. The Morgan fingerprint density at radius 1 is 1.21 bits per heavy atom. The van der Waals surface area contributed by atoms with Crippen LogP contribution in [0.2, 0.25) is 0 Å². The van der Waals surface area contributed by atoms with E-state index in [1.165, 1.54) is 0 Å². The van der Waals surface area contributed by atoms with Crippen molar-refractivity contribution in [3.05, 3.63) is 54.4 Å². The first-order valence-electron chi connectivity index (χ1n) is 9.93. The number of ether oxygens (including phenoxy) is 1. The van der Waals surface area contributed by atoms with Gasteiger partial charge in [0.15, 0.2) is 0 Å². The van der Waals surface area contributed by atoms with E-state index in [9.17, 15) is 4.79 Å². The predicted octanol–water partition coefficient (Wildman–Crippen LogP) is 4.17. The van der Waals surface area contributed by atoms with E-state index in [2.05, 4.69) is 15.2 Å². The van der Waals surface area contributed by atoms with Crippen LogP contribution in [0, 0.1) is 0 Å². The average molecular weight is 436 g/mol. The molecule has 7 heteroatoms. The number of benzene rings is 1. The zero-order valence-electron chi connectivity index (χ0n) is 16.9. The molecule has 0 spiro atoms. The summed E-state index contributed by atoms with van der Waals surface area (Å²) in [5, 5.41) is 3.44. The smallest absolute Gasteiger partial charge is 0.224 e.